The lowest BCUT2D eigenvalue weighted by atomic mass is 10.3. The van der Waals surface area contributed by atoms with Crippen LogP contribution in [0.25, 0.3) is 0 Å². The Bertz CT molecular complexity index is 526. The maximum absolute atomic E-state index is 11.8. The van der Waals surface area contributed by atoms with Gasteiger partial charge in [0.25, 0.3) is 11.5 Å². The molecule has 0 aliphatic carbocycles. The predicted molar refractivity (Wildman–Crippen MR) is 69.3 cm³/mol. The summed E-state index contributed by atoms with van der Waals surface area (Å²) < 4.78 is 10.7. The van der Waals surface area contributed by atoms with Gasteiger partial charge in [0.15, 0.2) is 0 Å². The average Bonchev–Trinajstić information content (AvgIpc) is 2.44. The van der Waals surface area contributed by atoms with E-state index in [1.807, 2.05) is 0 Å². The molecule has 0 bridgehead atoms. The van der Waals surface area contributed by atoms with E-state index < -0.39 is 11.9 Å². The van der Waals surface area contributed by atoms with Crippen molar-refractivity contribution in [2.45, 2.75) is 13.5 Å². The molecule has 1 aromatic rings. The first-order valence-electron chi connectivity index (χ1n) is 6.09. The van der Waals surface area contributed by atoms with Gasteiger partial charge in [0.05, 0.1) is 19.8 Å². The molecule has 0 spiro atoms. The number of amides is 1. The number of carbonyl (C=O) groups is 2. The number of aromatic nitrogens is 2. The van der Waals surface area contributed by atoms with E-state index in [9.17, 15) is 14.4 Å². The molecule has 8 heteroatoms. The van der Waals surface area contributed by atoms with Gasteiger partial charge in [-0.1, -0.05) is 0 Å². The smallest absolute Gasteiger partial charge is 0.325 e. The third-order valence-electron chi connectivity index (χ3n) is 2.31. The second kappa shape index (κ2) is 8.05. The fraction of sp³-hybridized carbons (Fsp3) is 0.500. The minimum atomic E-state index is -0.552. The van der Waals surface area contributed by atoms with Gasteiger partial charge < -0.3 is 14.8 Å². The molecule has 1 rings (SSSR count). The third kappa shape index (κ3) is 4.81. The Morgan fingerprint density at radius 3 is 2.80 bits per heavy atom. The van der Waals surface area contributed by atoms with Gasteiger partial charge in [-0.05, 0) is 13.0 Å². The zero-order chi connectivity index (χ0) is 15.0. The normalized spacial score (nSPS) is 10.1. The van der Waals surface area contributed by atoms with Crippen molar-refractivity contribution in [3.63, 3.8) is 0 Å². The van der Waals surface area contributed by atoms with E-state index in [4.69, 9.17) is 4.74 Å². The minimum absolute atomic E-state index is 0.0463. The highest BCUT2D eigenvalue weighted by atomic mass is 16.5. The van der Waals surface area contributed by atoms with Crippen molar-refractivity contribution >= 4 is 11.9 Å². The first-order valence-corrected chi connectivity index (χ1v) is 6.09. The monoisotopic (exact) mass is 283 g/mol. The van der Waals surface area contributed by atoms with Crippen molar-refractivity contribution < 1.29 is 19.1 Å². The number of ether oxygens (including phenoxy) is 2. The van der Waals surface area contributed by atoms with Crippen LogP contribution < -0.4 is 10.9 Å². The first kappa shape index (κ1) is 15.8. The summed E-state index contributed by atoms with van der Waals surface area (Å²) in [5.74, 6) is -1.09. The molecule has 1 heterocycles. The van der Waals surface area contributed by atoms with Crippen LogP contribution in [-0.4, -0.2) is 48.5 Å². The maximum atomic E-state index is 11.8. The van der Waals surface area contributed by atoms with Crippen LogP contribution in [0.4, 0.5) is 0 Å². The number of hydrogen-bond donors (Lipinski definition) is 1. The van der Waals surface area contributed by atoms with Crippen LogP contribution in [-0.2, 0) is 20.8 Å². The van der Waals surface area contributed by atoms with Crippen LogP contribution in [0, 0.1) is 0 Å². The summed E-state index contributed by atoms with van der Waals surface area (Å²) >= 11 is 0. The molecule has 0 fully saturated rings. The van der Waals surface area contributed by atoms with Crippen molar-refractivity contribution in [2.75, 3.05) is 26.9 Å². The second-order valence-corrected chi connectivity index (χ2v) is 3.76. The molecule has 0 unspecified atom stereocenters. The number of esters is 1. The zero-order valence-corrected chi connectivity index (χ0v) is 11.4. The molecule has 1 aromatic heterocycles. The number of rotatable bonds is 7. The van der Waals surface area contributed by atoms with Gasteiger partial charge in [-0.25, -0.2) is 4.68 Å². The van der Waals surface area contributed by atoms with Crippen LogP contribution >= 0.6 is 0 Å². The number of nitrogens with one attached hydrogen (secondary N) is 1. The fourth-order valence-electron chi connectivity index (χ4n) is 1.36. The molecule has 0 atom stereocenters. The lowest BCUT2D eigenvalue weighted by molar-refractivity contribution is -0.141. The molecular weight excluding hydrogens is 266 g/mol. The molecule has 110 valence electrons. The Kier molecular flexibility index (Phi) is 6.38. The van der Waals surface area contributed by atoms with E-state index in [0.717, 1.165) is 4.68 Å². The van der Waals surface area contributed by atoms with E-state index in [1.165, 1.54) is 19.2 Å². The highest BCUT2D eigenvalue weighted by Gasteiger charge is 2.11. The van der Waals surface area contributed by atoms with E-state index in [0.29, 0.717) is 6.61 Å². The van der Waals surface area contributed by atoms with Gasteiger partial charge in [-0.2, -0.15) is 5.10 Å². The highest BCUT2D eigenvalue weighted by Crippen LogP contribution is 1.91. The Balaban J connectivity index is 2.68. The van der Waals surface area contributed by atoms with Crippen LogP contribution in [0.15, 0.2) is 16.9 Å². The van der Waals surface area contributed by atoms with Gasteiger partial charge in [0.2, 0.25) is 0 Å². The van der Waals surface area contributed by atoms with Gasteiger partial charge in [-0.3, -0.25) is 14.4 Å². The molecule has 0 aromatic carbocycles. The van der Waals surface area contributed by atoms with Gasteiger partial charge in [-0.15, -0.1) is 0 Å². The Morgan fingerprint density at radius 1 is 1.40 bits per heavy atom. The van der Waals surface area contributed by atoms with E-state index in [-0.39, 0.29) is 30.9 Å². The summed E-state index contributed by atoms with van der Waals surface area (Å²) in [4.78, 5) is 34.4. The van der Waals surface area contributed by atoms with E-state index in [2.05, 4.69) is 15.2 Å². The topological polar surface area (TPSA) is 99.5 Å². The Labute approximate surface area is 115 Å². The Hall–Kier alpha value is -2.22. The molecule has 1 N–H and O–H groups in total. The van der Waals surface area contributed by atoms with Crippen LogP contribution in [0.5, 0.6) is 0 Å². The lowest BCUT2D eigenvalue weighted by Crippen LogP contribution is -2.33. The molecule has 20 heavy (non-hydrogen) atoms. The average molecular weight is 283 g/mol. The summed E-state index contributed by atoms with van der Waals surface area (Å²) in [5.41, 5.74) is -0.283. The molecule has 0 saturated carbocycles. The molecular formula is C12H17N3O5. The lowest BCUT2D eigenvalue weighted by Gasteiger charge is -2.07. The number of carbonyl (C=O) groups excluding carboxylic acids is 2. The molecule has 0 aliphatic rings. The minimum Gasteiger partial charge on any atom is -0.465 e. The quantitative estimate of drug-likeness (QED) is 0.656. The SMILES string of the molecule is CCOC(=O)CNC(=O)c1ccc(=O)n(CCOC)n1. The van der Waals surface area contributed by atoms with E-state index in [1.54, 1.807) is 6.92 Å². The fourth-order valence-corrected chi connectivity index (χ4v) is 1.36. The Morgan fingerprint density at radius 2 is 2.15 bits per heavy atom. The number of nitrogens with zero attached hydrogens (tertiary/aromatic N) is 2. The van der Waals surface area contributed by atoms with Gasteiger partial charge in [0, 0.05) is 13.2 Å². The molecule has 0 aliphatic heterocycles. The van der Waals surface area contributed by atoms with Crippen molar-refractivity contribution in [1.29, 1.82) is 0 Å². The molecule has 8 nitrogen and oxygen atoms in total. The second-order valence-electron chi connectivity index (χ2n) is 3.76. The van der Waals surface area contributed by atoms with Crippen LogP contribution in [0.1, 0.15) is 17.4 Å². The maximum Gasteiger partial charge on any atom is 0.325 e. The zero-order valence-electron chi connectivity index (χ0n) is 11.4. The van der Waals surface area contributed by atoms with Gasteiger partial charge in [0.1, 0.15) is 12.2 Å². The largest absolute Gasteiger partial charge is 0.465 e. The number of hydrogen-bond acceptors (Lipinski definition) is 6. The highest BCUT2D eigenvalue weighted by molar-refractivity contribution is 5.93. The summed E-state index contributed by atoms with van der Waals surface area (Å²) in [5, 5.41) is 6.26. The summed E-state index contributed by atoms with van der Waals surface area (Å²) in [6, 6.07) is 2.54. The van der Waals surface area contributed by atoms with Crippen molar-refractivity contribution in [1.82, 2.24) is 15.1 Å². The molecule has 0 radical (unpaired) electrons. The first-order chi connectivity index (χ1) is 9.58. The summed E-state index contributed by atoms with van der Waals surface area (Å²) in [6.45, 7) is 2.22. The van der Waals surface area contributed by atoms with Crippen molar-refractivity contribution in [2.24, 2.45) is 0 Å². The number of methoxy groups -OCH3 is 1. The summed E-state index contributed by atoms with van der Waals surface area (Å²) in [6.07, 6.45) is 0. The van der Waals surface area contributed by atoms with Crippen LogP contribution in [0.2, 0.25) is 0 Å². The van der Waals surface area contributed by atoms with Gasteiger partial charge >= 0.3 is 5.97 Å². The molecule has 1 amide bonds. The molecule has 0 saturated heterocycles. The van der Waals surface area contributed by atoms with Crippen LogP contribution in [0.3, 0.4) is 0 Å². The summed E-state index contributed by atoms with van der Waals surface area (Å²) in [7, 11) is 1.50. The third-order valence-corrected chi connectivity index (χ3v) is 2.31. The van der Waals surface area contributed by atoms with E-state index >= 15 is 0 Å². The van der Waals surface area contributed by atoms with Crippen molar-refractivity contribution in [3.05, 3.63) is 28.2 Å². The van der Waals surface area contributed by atoms with Crippen molar-refractivity contribution in [3.8, 4) is 0 Å². The predicted octanol–water partition coefficient (Wildman–Crippen LogP) is -0.817. The standard InChI is InChI=1S/C12H17N3O5/c1-3-20-11(17)8-13-12(18)9-4-5-10(16)15(14-9)6-7-19-2/h4-5H,3,6-8H2,1-2H3,(H,13,18).